The van der Waals surface area contributed by atoms with Crippen molar-refractivity contribution in [2.75, 3.05) is 25.2 Å². The van der Waals surface area contributed by atoms with Gasteiger partial charge in [0.1, 0.15) is 17.8 Å². The van der Waals surface area contributed by atoms with Crippen molar-refractivity contribution < 1.29 is 23.9 Å². The molecule has 3 aliphatic heterocycles. The van der Waals surface area contributed by atoms with E-state index in [9.17, 15) is 14.4 Å². The lowest BCUT2D eigenvalue weighted by Gasteiger charge is -2.36. The van der Waals surface area contributed by atoms with Crippen LogP contribution in [0.2, 0.25) is 0 Å². The molecule has 0 aliphatic carbocycles. The highest BCUT2D eigenvalue weighted by molar-refractivity contribution is 6.22. The van der Waals surface area contributed by atoms with Crippen molar-refractivity contribution in [3.63, 3.8) is 0 Å². The first-order valence-corrected chi connectivity index (χ1v) is 13.9. The number of urea groups is 1. The Morgan fingerprint density at radius 3 is 2.56 bits per heavy atom. The summed E-state index contributed by atoms with van der Waals surface area (Å²) in [6, 6.07) is 20.7. The zero-order chi connectivity index (χ0) is 28.1. The van der Waals surface area contributed by atoms with E-state index in [2.05, 4.69) is 10.3 Å². The normalized spacial score (nSPS) is 21.7. The van der Waals surface area contributed by atoms with Gasteiger partial charge in [0.25, 0.3) is 11.8 Å². The van der Waals surface area contributed by atoms with Gasteiger partial charge in [-0.2, -0.15) is 0 Å². The third kappa shape index (κ3) is 4.24. The predicted octanol–water partition coefficient (Wildman–Crippen LogP) is 4.57. The number of nitrogens with one attached hydrogen (secondary N) is 2. The second-order valence-corrected chi connectivity index (χ2v) is 10.7. The SMILES string of the molecule is COc1ccc([C@@H]2c3[nH]c4ccccc4c3C[C@H]3C(=O)N(c4ccc(C(=O)NC[C@@H]5CCCO5)cc4)C(=O)N23)cc1. The third-order valence-electron chi connectivity index (χ3n) is 8.38. The molecular weight excluding hydrogens is 520 g/mol. The molecule has 2 fully saturated rings. The van der Waals surface area contributed by atoms with Crippen LogP contribution in [0, 0.1) is 0 Å². The second-order valence-electron chi connectivity index (χ2n) is 10.7. The number of amides is 4. The number of carbonyl (C=O) groups excluding carboxylic acids is 3. The lowest BCUT2D eigenvalue weighted by atomic mass is 9.89. The van der Waals surface area contributed by atoms with E-state index >= 15 is 0 Å². The second kappa shape index (κ2) is 10.1. The van der Waals surface area contributed by atoms with Gasteiger partial charge < -0.3 is 19.8 Å². The largest absolute Gasteiger partial charge is 0.497 e. The standard InChI is InChI=1S/C32H30N4O5/c1-40-22-14-10-19(11-15-22)29-28-25(24-6-2-3-7-26(24)34-28)17-27-31(38)35(32(39)36(27)29)21-12-8-20(9-13-21)30(37)33-18-23-5-4-16-41-23/h2-3,6-15,23,27,29,34H,4-5,16-18H2,1H3,(H,33,37)/t23-,27-,29+/m0/s1. The molecule has 4 amide bonds. The number of rotatable bonds is 6. The molecule has 3 aromatic carbocycles. The van der Waals surface area contributed by atoms with Gasteiger partial charge in [-0.05, 0) is 66.4 Å². The van der Waals surface area contributed by atoms with Gasteiger partial charge in [-0.1, -0.05) is 30.3 Å². The molecule has 1 aromatic heterocycles. The molecule has 3 aliphatic rings. The molecule has 2 N–H and O–H groups in total. The summed E-state index contributed by atoms with van der Waals surface area (Å²) in [5, 5.41) is 3.96. The number of methoxy groups -OCH3 is 1. The van der Waals surface area contributed by atoms with Crippen LogP contribution in [0.4, 0.5) is 10.5 Å². The van der Waals surface area contributed by atoms with Gasteiger partial charge in [0.2, 0.25) is 0 Å². The van der Waals surface area contributed by atoms with E-state index in [0.717, 1.165) is 47.2 Å². The monoisotopic (exact) mass is 550 g/mol. The molecule has 208 valence electrons. The Balaban J connectivity index is 1.21. The minimum Gasteiger partial charge on any atom is -0.497 e. The first-order chi connectivity index (χ1) is 20.0. The molecule has 0 bridgehead atoms. The van der Waals surface area contributed by atoms with Crippen molar-refractivity contribution in [2.45, 2.75) is 37.5 Å². The molecule has 0 radical (unpaired) electrons. The Morgan fingerprint density at radius 1 is 1.05 bits per heavy atom. The highest BCUT2D eigenvalue weighted by Gasteiger charge is 2.53. The number of para-hydroxylation sites is 1. The van der Waals surface area contributed by atoms with Gasteiger partial charge in [0.05, 0.1) is 18.9 Å². The molecule has 0 saturated carbocycles. The molecule has 9 heteroatoms. The summed E-state index contributed by atoms with van der Waals surface area (Å²) in [6.45, 7) is 1.19. The van der Waals surface area contributed by atoms with Crippen LogP contribution in [0.25, 0.3) is 10.9 Å². The van der Waals surface area contributed by atoms with Gasteiger partial charge in [-0.3, -0.25) is 14.5 Å². The molecule has 2 saturated heterocycles. The Kier molecular flexibility index (Phi) is 6.23. The molecule has 7 rings (SSSR count). The van der Waals surface area contributed by atoms with Gasteiger partial charge in [-0.25, -0.2) is 9.69 Å². The summed E-state index contributed by atoms with van der Waals surface area (Å²) in [4.78, 5) is 47.1. The minimum absolute atomic E-state index is 0.0470. The van der Waals surface area contributed by atoms with E-state index in [0.29, 0.717) is 30.0 Å². The summed E-state index contributed by atoms with van der Waals surface area (Å²) in [6.07, 6.45) is 2.40. The summed E-state index contributed by atoms with van der Waals surface area (Å²) in [5.74, 6) is 0.219. The molecule has 41 heavy (non-hydrogen) atoms. The Labute approximate surface area is 237 Å². The number of hydrogen-bond donors (Lipinski definition) is 2. The van der Waals surface area contributed by atoms with Crippen LogP contribution < -0.4 is 15.0 Å². The van der Waals surface area contributed by atoms with Crippen molar-refractivity contribution >= 4 is 34.4 Å². The van der Waals surface area contributed by atoms with Crippen LogP contribution in [-0.2, 0) is 16.0 Å². The number of imide groups is 1. The maximum absolute atomic E-state index is 14.0. The molecule has 9 nitrogen and oxygen atoms in total. The fourth-order valence-electron chi connectivity index (χ4n) is 6.32. The van der Waals surface area contributed by atoms with Crippen molar-refractivity contribution in [1.82, 2.24) is 15.2 Å². The molecule has 0 unspecified atom stereocenters. The third-order valence-corrected chi connectivity index (χ3v) is 8.38. The minimum atomic E-state index is -0.657. The number of aromatic nitrogens is 1. The summed E-state index contributed by atoms with van der Waals surface area (Å²) >= 11 is 0. The van der Waals surface area contributed by atoms with Gasteiger partial charge in [0.15, 0.2) is 0 Å². The number of hydrogen-bond acceptors (Lipinski definition) is 5. The number of anilines is 1. The fourth-order valence-corrected chi connectivity index (χ4v) is 6.32. The van der Waals surface area contributed by atoms with Crippen LogP contribution in [0.5, 0.6) is 5.75 Å². The molecular formula is C32H30N4O5. The molecule has 3 atom stereocenters. The highest BCUT2D eigenvalue weighted by Crippen LogP contribution is 2.45. The fraction of sp³-hybridized carbons (Fsp3) is 0.281. The van der Waals surface area contributed by atoms with Gasteiger partial charge >= 0.3 is 6.03 Å². The van der Waals surface area contributed by atoms with E-state index in [4.69, 9.17) is 9.47 Å². The van der Waals surface area contributed by atoms with Gasteiger partial charge in [-0.15, -0.1) is 0 Å². The smallest absolute Gasteiger partial charge is 0.332 e. The van der Waals surface area contributed by atoms with Crippen LogP contribution in [0.1, 0.15) is 46.1 Å². The summed E-state index contributed by atoms with van der Waals surface area (Å²) in [5.41, 5.74) is 4.71. The molecule has 4 heterocycles. The van der Waals surface area contributed by atoms with Crippen molar-refractivity contribution in [2.24, 2.45) is 0 Å². The maximum Gasteiger partial charge on any atom is 0.332 e. The topological polar surface area (TPSA) is 104 Å². The van der Waals surface area contributed by atoms with Crippen molar-refractivity contribution in [3.8, 4) is 5.75 Å². The van der Waals surface area contributed by atoms with E-state index < -0.39 is 12.1 Å². The number of benzene rings is 3. The zero-order valence-electron chi connectivity index (χ0n) is 22.6. The first-order valence-electron chi connectivity index (χ1n) is 13.9. The predicted molar refractivity (Wildman–Crippen MR) is 153 cm³/mol. The summed E-state index contributed by atoms with van der Waals surface area (Å²) in [7, 11) is 1.61. The van der Waals surface area contributed by atoms with E-state index in [1.165, 1.54) is 4.90 Å². The van der Waals surface area contributed by atoms with Crippen molar-refractivity contribution in [1.29, 1.82) is 0 Å². The zero-order valence-corrected chi connectivity index (χ0v) is 22.6. The lowest BCUT2D eigenvalue weighted by Crippen LogP contribution is -2.44. The first kappa shape index (κ1) is 25.3. The highest BCUT2D eigenvalue weighted by atomic mass is 16.5. The number of fused-ring (bicyclic) bond motifs is 4. The number of carbonyl (C=O) groups is 3. The Morgan fingerprint density at radius 2 is 1.83 bits per heavy atom. The van der Waals surface area contributed by atoms with E-state index in [-0.39, 0.29) is 23.9 Å². The van der Waals surface area contributed by atoms with E-state index in [1.54, 1.807) is 36.3 Å². The van der Waals surface area contributed by atoms with Crippen LogP contribution in [0.15, 0.2) is 72.8 Å². The lowest BCUT2D eigenvalue weighted by molar-refractivity contribution is -0.120. The number of aromatic amines is 1. The average molecular weight is 551 g/mol. The molecule has 4 aromatic rings. The molecule has 0 spiro atoms. The number of nitrogens with zero attached hydrogens (tertiary/aromatic N) is 2. The average Bonchev–Trinajstić information content (AvgIpc) is 3.72. The van der Waals surface area contributed by atoms with Gasteiger partial charge in [0, 0.05) is 41.7 Å². The van der Waals surface area contributed by atoms with Crippen molar-refractivity contribution in [3.05, 3.63) is 95.2 Å². The number of ether oxygens (including phenoxy) is 2. The Bertz CT molecular complexity index is 1640. The van der Waals surface area contributed by atoms with Crippen LogP contribution in [0.3, 0.4) is 0 Å². The quantitative estimate of drug-likeness (QED) is 0.343. The number of H-pyrrole nitrogens is 1. The maximum atomic E-state index is 14.0. The Hall–Kier alpha value is -4.63. The summed E-state index contributed by atoms with van der Waals surface area (Å²) < 4.78 is 10.9. The van der Waals surface area contributed by atoms with Crippen LogP contribution in [-0.4, -0.2) is 60.1 Å². The van der Waals surface area contributed by atoms with Crippen LogP contribution >= 0.6 is 0 Å². The van der Waals surface area contributed by atoms with E-state index in [1.807, 2.05) is 48.5 Å².